The Hall–Kier alpha value is -2.86. The molecule has 148 valence electrons. The van der Waals surface area contributed by atoms with Crippen molar-refractivity contribution in [1.29, 1.82) is 0 Å². The molecule has 4 nitrogen and oxygen atoms in total. The third kappa shape index (κ3) is 3.85. The summed E-state index contributed by atoms with van der Waals surface area (Å²) < 4.78 is 13.0. The molecule has 0 aliphatic carbocycles. The number of likely N-dealkylation sites (N-methyl/N-ethyl adjacent to an activating group) is 1. The Morgan fingerprint density at radius 2 is 1.90 bits per heavy atom. The van der Waals surface area contributed by atoms with Crippen molar-refractivity contribution in [2.24, 2.45) is 4.99 Å². The average Bonchev–Trinajstić information content (AvgIpc) is 3.00. The summed E-state index contributed by atoms with van der Waals surface area (Å²) in [6.07, 6.45) is 4.14. The molecular formula is C23H22FN3OS. The first-order chi connectivity index (χ1) is 13.7. The van der Waals surface area contributed by atoms with E-state index in [0.29, 0.717) is 15.8 Å². The van der Waals surface area contributed by atoms with Gasteiger partial charge in [0.1, 0.15) is 5.82 Å². The number of amidine groups is 1. The van der Waals surface area contributed by atoms with Crippen LogP contribution in [0, 0.1) is 5.82 Å². The molecule has 0 spiro atoms. The summed E-state index contributed by atoms with van der Waals surface area (Å²) in [5.41, 5.74) is 5.10. The van der Waals surface area contributed by atoms with Crippen molar-refractivity contribution < 1.29 is 9.18 Å². The third-order valence-corrected chi connectivity index (χ3v) is 6.16. The van der Waals surface area contributed by atoms with Crippen LogP contribution in [0.5, 0.6) is 0 Å². The molecule has 0 bridgehead atoms. The second kappa shape index (κ2) is 7.19. The van der Waals surface area contributed by atoms with Crippen molar-refractivity contribution >= 4 is 45.9 Å². The second-order valence-electron chi connectivity index (χ2n) is 7.77. The molecule has 2 heterocycles. The monoisotopic (exact) mass is 407 g/mol. The van der Waals surface area contributed by atoms with Gasteiger partial charge in [0, 0.05) is 18.3 Å². The molecule has 2 aromatic rings. The van der Waals surface area contributed by atoms with Crippen molar-refractivity contribution in [1.82, 2.24) is 5.32 Å². The molecule has 2 aliphatic rings. The number of amides is 1. The third-order valence-electron chi connectivity index (χ3n) is 5.25. The Bertz CT molecular complexity index is 1080. The Morgan fingerprint density at radius 1 is 1.17 bits per heavy atom. The minimum absolute atomic E-state index is 0.0377. The van der Waals surface area contributed by atoms with Gasteiger partial charge in [0.2, 0.25) is 0 Å². The highest BCUT2D eigenvalue weighted by Crippen LogP contribution is 2.39. The van der Waals surface area contributed by atoms with Gasteiger partial charge in [0.25, 0.3) is 5.91 Å². The van der Waals surface area contributed by atoms with E-state index < -0.39 is 0 Å². The van der Waals surface area contributed by atoms with Crippen LogP contribution in [-0.2, 0) is 4.79 Å². The molecule has 0 atom stereocenters. The first-order valence-electron chi connectivity index (χ1n) is 9.36. The summed E-state index contributed by atoms with van der Waals surface area (Å²) in [4.78, 5) is 19.6. The SMILES string of the molecule is CC1=CC(C)(C)N(C)c2ccc(/C=C3\SC(=Nc4ccc(F)cc4)NC3=O)cc21. The van der Waals surface area contributed by atoms with E-state index >= 15 is 0 Å². The number of benzene rings is 2. The first kappa shape index (κ1) is 19.5. The molecule has 1 saturated heterocycles. The van der Waals surface area contributed by atoms with Crippen LogP contribution in [0.15, 0.2) is 58.4 Å². The van der Waals surface area contributed by atoms with Crippen molar-refractivity contribution in [2.75, 3.05) is 11.9 Å². The van der Waals surface area contributed by atoms with Gasteiger partial charge in [-0.15, -0.1) is 0 Å². The van der Waals surface area contributed by atoms with Gasteiger partial charge in [-0.1, -0.05) is 12.1 Å². The van der Waals surface area contributed by atoms with E-state index in [9.17, 15) is 9.18 Å². The fourth-order valence-corrected chi connectivity index (χ4v) is 4.37. The van der Waals surface area contributed by atoms with Gasteiger partial charge in [-0.05, 0) is 86.1 Å². The van der Waals surface area contributed by atoms with Gasteiger partial charge in [-0.25, -0.2) is 9.38 Å². The lowest BCUT2D eigenvalue weighted by Gasteiger charge is -2.40. The van der Waals surface area contributed by atoms with Crippen LogP contribution in [0.25, 0.3) is 11.6 Å². The minimum atomic E-state index is -0.316. The predicted octanol–water partition coefficient (Wildman–Crippen LogP) is 5.35. The van der Waals surface area contributed by atoms with E-state index in [1.807, 2.05) is 12.1 Å². The number of carbonyl (C=O) groups is 1. The summed E-state index contributed by atoms with van der Waals surface area (Å²) in [5.74, 6) is -0.498. The van der Waals surface area contributed by atoms with Crippen LogP contribution in [0.3, 0.4) is 0 Å². The maximum atomic E-state index is 13.0. The number of carbonyl (C=O) groups excluding carboxylic acids is 1. The Kier molecular flexibility index (Phi) is 4.82. The lowest BCUT2D eigenvalue weighted by molar-refractivity contribution is -0.115. The number of nitrogens with zero attached hydrogens (tertiary/aromatic N) is 2. The Balaban J connectivity index is 1.61. The van der Waals surface area contributed by atoms with Crippen LogP contribution < -0.4 is 10.2 Å². The van der Waals surface area contributed by atoms with Gasteiger partial charge in [0.05, 0.1) is 16.1 Å². The molecule has 1 N–H and O–H groups in total. The predicted molar refractivity (Wildman–Crippen MR) is 120 cm³/mol. The molecule has 0 saturated carbocycles. The maximum absolute atomic E-state index is 13.0. The lowest BCUT2D eigenvalue weighted by atomic mass is 9.88. The fourth-order valence-electron chi connectivity index (χ4n) is 3.53. The molecule has 2 aliphatic heterocycles. The first-order valence-corrected chi connectivity index (χ1v) is 10.2. The van der Waals surface area contributed by atoms with Crippen molar-refractivity contribution in [3.63, 3.8) is 0 Å². The molecule has 0 unspecified atom stereocenters. The molecule has 4 rings (SSSR count). The summed E-state index contributed by atoms with van der Waals surface area (Å²) in [6.45, 7) is 6.50. The zero-order valence-corrected chi connectivity index (χ0v) is 17.6. The largest absolute Gasteiger partial charge is 0.366 e. The van der Waals surface area contributed by atoms with E-state index in [1.54, 1.807) is 12.1 Å². The van der Waals surface area contributed by atoms with E-state index in [4.69, 9.17) is 0 Å². The maximum Gasteiger partial charge on any atom is 0.264 e. The number of halogens is 1. The van der Waals surface area contributed by atoms with Gasteiger partial charge in [0.15, 0.2) is 5.17 Å². The molecule has 2 aromatic carbocycles. The number of aliphatic imine (C=N–C) groups is 1. The van der Waals surface area contributed by atoms with Crippen molar-refractivity contribution in [3.05, 3.63) is 70.4 Å². The number of nitrogens with one attached hydrogen (secondary N) is 1. The zero-order valence-electron chi connectivity index (χ0n) is 16.8. The van der Waals surface area contributed by atoms with Gasteiger partial charge in [-0.2, -0.15) is 0 Å². The minimum Gasteiger partial charge on any atom is -0.366 e. The molecule has 1 amide bonds. The molecule has 6 heteroatoms. The summed E-state index contributed by atoms with van der Waals surface area (Å²) >= 11 is 1.28. The summed E-state index contributed by atoms with van der Waals surface area (Å²) in [5, 5.41) is 3.26. The van der Waals surface area contributed by atoms with Crippen molar-refractivity contribution in [3.8, 4) is 0 Å². The summed E-state index contributed by atoms with van der Waals surface area (Å²) in [7, 11) is 2.10. The number of fused-ring (bicyclic) bond motifs is 1. The molecular weight excluding hydrogens is 385 g/mol. The summed E-state index contributed by atoms with van der Waals surface area (Å²) in [6, 6.07) is 12.1. The van der Waals surface area contributed by atoms with E-state index in [2.05, 4.69) is 61.2 Å². The van der Waals surface area contributed by atoms with Crippen LogP contribution in [0.4, 0.5) is 15.8 Å². The number of rotatable bonds is 2. The molecule has 0 aromatic heterocycles. The Morgan fingerprint density at radius 3 is 2.62 bits per heavy atom. The Labute approximate surface area is 174 Å². The van der Waals surface area contributed by atoms with Crippen molar-refractivity contribution in [2.45, 2.75) is 26.3 Å². The highest BCUT2D eigenvalue weighted by atomic mass is 32.2. The number of anilines is 1. The van der Waals surface area contributed by atoms with E-state index in [0.717, 1.165) is 5.56 Å². The van der Waals surface area contributed by atoms with Crippen LogP contribution in [0.1, 0.15) is 31.9 Å². The number of allylic oxidation sites excluding steroid dienone is 1. The molecule has 29 heavy (non-hydrogen) atoms. The quantitative estimate of drug-likeness (QED) is 0.683. The van der Waals surface area contributed by atoms with E-state index in [1.165, 1.54) is 40.7 Å². The van der Waals surface area contributed by atoms with Crippen LogP contribution >= 0.6 is 11.8 Å². The average molecular weight is 408 g/mol. The highest BCUT2D eigenvalue weighted by Gasteiger charge is 2.29. The highest BCUT2D eigenvalue weighted by molar-refractivity contribution is 8.18. The molecule has 0 radical (unpaired) electrons. The fraction of sp³-hybridized carbons (Fsp3) is 0.217. The number of hydrogen-bond donors (Lipinski definition) is 1. The second-order valence-corrected chi connectivity index (χ2v) is 8.81. The topological polar surface area (TPSA) is 44.7 Å². The van der Waals surface area contributed by atoms with Gasteiger partial charge in [-0.3, -0.25) is 4.79 Å². The van der Waals surface area contributed by atoms with Gasteiger partial charge >= 0.3 is 0 Å². The lowest BCUT2D eigenvalue weighted by Crippen LogP contribution is -2.42. The van der Waals surface area contributed by atoms with Gasteiger partial charge < -0.3 is 10.2 Å². The zero-order chi connectivity index (χ0) is 20.8. The normalized spacial score (nSPS) is 20.7. The molecule has 1 fully saturated rings. The smallest absolute Gasteiger partial charge is 0.264 e. The number of hydrogen-bond acceptors (Lipinski definition) is 4. The van der Waals surface area contributed by atoms with E-state index in [-0.39, 0.29) is 17.3 Å². The van der Waals surface area contributed by atoms with Crippen LogP contribution in [-0.4, -0.2) is 23.7 Å². The number of thioether (sulfide) groups is 1. The van der Waals surface area contributed by atoms with Crippen LogP contribution in [0.2, 0.25) is 0 Å². The standard InChI is InChI=1S/C23H22FN3OS/c1-14-13-23(2,3)27(4)19-10-5-15(11-18(14)19)12-20-21(28)26-22(29-20)25-17-8-6-16(24)7-9-17/h5-13H,1-4H3,(H,25,26,28)/b20-12-.